The summed E-state index contributed by atoms with van der Waals surface area (Å²) in [6.07, 6.45) is 2.17. The Kier molecular flexibility index (Phi) is 4.71. The Bertz CT molecular complexity index is 775. The molecule has 2 aromatic heterocycles. The molecular weight excluding hydrogens is 308 g/mol. The van der Waals surface area contributed by atoms with E-state index >= 15 is 0 Å². The highest BCUT2D eigenvalue weighted by atomic mass is 32.1. The van der Waals surface area contributed by atoms with Crippen LogP contribution in [-0.2, 0) is 11.2 Å². The quantitative estimate of drug-likeness (QED) is 0.727. The third-order valence-corrected chi connectivity index (χ3v) is 4.68. The van der Waals surface area contributed by atoms with E-state index in [0.717, 1.165) is 40.4 Å². The van der Waals surface area contributed by atoms with Crippen LogP contribution in [0.2, 0.25) is 0 Å². The maximum atomic E-state index is 12.1. The highest BCUT2D eigenvalue weighted by Gasteiger charge is 2.13. The van der Waals surface area contributed by atoms with Gasteiger partial charge in [0.15, 0.2) is 0 Å². The molecule has 2 N–H and O–H groups in total. The summed E-state index contributed by atoms with van der Waals surface area (Å²) in [4.78, 5) is 24.2. The van der Waals surface area contributed by atoms with Gasteiger partial charge in [0.05, 0.1) is 22.1 Å². The van der Waals surface area contributed by atoms with E-state index in [0.29, 0.717) is 6.42 Å². The van der Waals surface area contributed by atoms with Crippen molar-refractivity contribution >= 4 is 28.3 Å². The molecule has 3 rings (SSSR count). The molecule has 0 unspecified atom stereocenters. The zero-order valence-corrected chi connectivity index (χ0v) is 14.1. The van der Waals surface area contributed by atoms with Gasteiger partial charge in [0, 0.05) is 17.5 Å². The molecule has 0 bridgehead atoms. The molecule has 3 aromatic rings. The molecule has 0 saturated carbocycles. The summed E-state index contributed by atoms with van der Waals surface area (Å²) in [5, 5.41) is 6.14. The number of aromatic nitrogens is 3. The third-order valence-electron chi connectivity index (χ3n) is 3.66. The minimum Gasteiger partial charge on any atom is -0.346 e. The van der Waals surface area contributed by atoms with Crippen LogP contribution in [0.4, 0.5) is 0 Å². The molecule has 0 saturated heterocycles. The summed E-state index contributed by atoms with van der Waals surface area (Å²) < 4.78 is 0. The second-order valence-electron chi connectivity index (χ2n) is 5.66. The van der Waals surface area contributed by atoms with E-state index in [2.05, 4.69) is 20.3 Å². The summed E-state index contributed by atoms with van der Waals surface area (Å²) in [7, 11) is 0. The maximum Gasteiger partial charge on any atom is 0.220 e. The van der Waals surface area contributed by atoms with Crippen molar-refractivity contribution in [1.82, 2.24) is 20.3 Å². The van der Waals surface area contributed by atoms with Crippen LogP contribution in [0.25, 0.3) is 11.0 Å². The first-order chi connectivity index (χ1) is 11.1. The highest BCUT2D eigenvalue weighted by molar-refractivity contribution is 7.09. The molecule has 1 amide bonds. The van der Waals surface area contributed by atoms with Gasteiger partial charge < -0.3 is 10.3 Å². The number of aromatic amines is 1. The molecule has 1 aromatic carbocycles. The summed E-state index contributed by atoms with van der Waals surface area (Å²) in [6, 6.07) is 7.73. The molecule has 2 heterocycles. The number of para-hydroxylation sites is 2. The number of nitrogens with zero attached hydrogens (tertiary/aromatic N) is 2. The van der Waals surface area contributed by atoms with Crippen molar-refractivity contribution in [2.45, 2.75) is 39.2 Å². The smallest absolute Gasteiger partial charge is 0.220 e. The van der Waals surface area contributed by atoms with Crippen LogP contribution in [0.5, 0.6) is 0 Å². The molecule has 1 atom stereocenters. The minimum atomic E-state index is -0.128. The number of nitrogens with one attached hydrogen (secondary N) is 2. The number of aryl methyl sites for hydroxylation is 2. The second-order valence-corrected chi connectivity index (χ2v) is 6.61. The van der Waals surface area contributed by atoms with Gasteiger partial charge in [-0.2, -0.15) is 0 Å². The van der Waals surface area contributed by atoms with E-state index in [1.54, 1.807) is 11.3 Å². The highest BCUT2D eigenvalue weighted by Crippen LogP contribution is 2.16. The fourth-order valence-corrected chi connectivity index (χ4v) is 3.30. The summed E-state index contributed by atoms with van der Waals surface area (Å²) in [5.41, 5.74) is 2.96. The zero-order chi connectivity index (χ0) is 16.2. The number of H-pyrrole nitrogens is 1. The largest absolute Gasteiger partial charge is 0.346 e. The van der Waals surface area contributed by atoms with Crippen molar-refractivity contribution in [1.29, 1.82) is 0 Å². The minimum absolute atomic E-state index is 0.0474. The lowest BCUT2D eigenvalue weighted by Gasteiger charge is -2.11. The lowest BCUT2D eigenvalue weighted by atomic mass is 10.2. The Balaban J connectivity index is 1.50. The van der Waals surface area contributed by atoms with E-state index in [-0.39, 0.29) is 11.9 Å². The molecule has 0 fully saturated rings. The molecule has 5 nitrogen and oxygen atoms in total. The Morgan fingerprint density at radius 1 is 1.35 bits per heavy atom. The summed E-state index contributed by atoms with van der Waals surface area (Å²) >= 11 is 1.66. The van der Waals surface area contributed by atoms with Gasteiger partial charge in [-0.15, -0.1) is 11.3 Å². The number of carbonyl (C=O) groups is 1. The number of benzene rings is 1. The average Bonchev–Trinajstić information content (AvgIpc) is 3.13. The number of thiazole rings is 1. The second kappa shape index (κ2) is 6.91. The fourth-order valence-electron chi connectivity index (χ4n) is 2.48. The lowest BCUT2D eigenvalue weighted by molar-refractivity contribution is -0.121. The predicted octanol–water partition coefficient (Wildman–Crippen LogP) is 3.53. The first-order valence-electron chi connectivity index (χ1n) is 7.77. The standard InChI is InChI=1S/C17H20N4OS/c1-11-10-23-16(18-11)9-5-8-15(22)19-12(2)17-20-13-6-3-4-7-14(13)21-17/h3-4,6-7,10,12H,5,8-9H2,1-2H3,(H,19,22)(H,20,21)/t12-/m1/s1. The van der Waals surface area contributed by atoms with Gasteiger partial charge in [0.2, 0.25) is 5.91 Å². The molecule has 0 aliphatic heterocycles. The van der Waals surface area contributed by atoms with Crippen molar-refractivity contribution in [2.75, 3.05) is 0 Å². The average molecular weight is 328 g/mol. The number of amides is 1. The van der Waals surface area contributed by atoms with Crippen LogP contribution in [0, 0.1) is 6.92 Å². The molecule has 0 spiro atoms. The summed E-state index contributed by atoms with van der Waals surface area (Å²) in [5.74, 6) is 0.835. The number of carbonyl (C=O) groups excluding carboxylic acids is 1. The van der Waals surface area contributed by atoms with Crippen molar-refractivity contribution in [3.05, 3.63) is 46.2 Å². The van der Waals surface area contributed by atoms with Gasteiger partial charge in [-0.25, -0.2) is 9.97 Å². The van der Waals surface area contributed by atoms with E-state index in [1.807, 2.05) is 43.5 Å². The first kappa shape index (κ1) is 15.7. The molecular formula is C17H20N4OS. The van der Waals surface area contributed by atoms with Gasteiger partial charge in [0.1, 0.15) is 5.82 Å². The van der Waals surface area contributed by atoms with E-state index in [4.69, 9.17) is 0 Å². The van der Waals surface area contributed by atoms with Gasteiger partial charge in [0.25, 0.3) is 0 Å². The van der Waals surface area contributed by atoms with E-state index in [9.17, 15) is 4.79 Å². The molecule has 0 aliphatic carbocycles. The maximum absolute atomic E-state index is 12.1. The molecule has 120 valence electrons. The molecule has 0 aliphatic rings. The number of fused-ring (bicyclic) bond motifs is 1. The van der Waals surface area contributed by atoms with Gasteiger partial charge in [-0.05, 0) is 38.8 Å². The zero-order valence-electron chi connectivity index (χ0n) is 13.3. The van der Waals surface area contributed by atoms with Crippen molar-refractivity contribution in [2.24, 2.45) is 0 Å². The van der Waals surface area contributed by atoms with Crippen LogP contribution in [0.15, 0.2) is 29.6 Å². The molecule has 23 heavy (non-hydrogen) atoms. The monoisotopic (exact) mass is 328 g/mol. The number of rotatable bonds is 6. The Morgan fingerprint density at radius 2 is 2.17 bits per heavy atom. The van der Waals surface area contributed by atoms with Crippen LogP contribution >= 0.6 is 11.3 Å². The van der Waals surface area contributed by atoms with Crippen molar-refractivity contribution in [3.63, 3.8) is 0 Å². The fraction of sp³-hybridized carbons (Fsp3) is 0.353. The number of hydrogen-bond acceptors (Lipinski definition) is 4. The van der Waals surface area contributed by atoms with Gasteiger partial charge >= 0.3 is 0 Å². The van der Waals surface area contributed by atoms with E-state index in [1.165, 1.54) is 0 Å². The molecule has 0 radical (unpaired) electrons. The Hall–Kier alpha value is -2.21. The van der Waals surface area contributed by atoms with E-state index < -0.39 is 0 Å². The predicted molar refractivity (Wildman–Crippen MR) is 92.4 cm³/mol. The number of hydrogen-bond donors (Lipinski definition) is 2. The Morgan fingerprint density at radius 3 is 2.91 bits per heavy atom. The Labute approximate surface area is 139 Å². The summed E-state index contributed by atoms with van der Waals surface area (Å²) in [6.45, 7) is 3.93. The number of imidazole rings is 1. The lowest BCUT2D eigenvalue weighted by Crippen LogP contribution is -2.27. The van der Waals surface area contributed by atoms with Gasteiger partial charge in [-0.1, -0.05) is 12.1 Å². The van der Waals surface area contributed by atoms with Crippen LogP contribution in [0.3, 0.4) is 0 Å². The normalized spacial score (nSPS) is 12.4. The van der Waals surface area contributed by atoms with Crippen molar-refractivity contribution < 1.29 is 4.79 Å². The van der Waals surface area contributed by atoms with Crippen LogP contribution < -0.4 is 5.32 Å². The van der Waals surface area contributed by atoms with Crippen LogP contribution in [-0.4, -0.2) is 20.9 Å². The van der Waals surface area contributed by atoms with Crippen LogP contribution in [0.1, 0.15) is 42.3 Å². The topological polar surface area (TPSA) is 70.7 Å². The first-order valence-corrected chi connectivity index (χ1v) is 8.65. The molecule has 6 heteroatoms. The van der Waals surface area contributed by atoms with Gasteiger partial charge in [-0.3, -0.25) is 4.79 Å². The SMILES string of the molecule is Cc1csc(CCCC(=O)N[C@H](C)c2nc3ccccc3[nH]2)n1. The third kappa shape index (κ3) is 3.96. The van der Waals surface area contributed by atoms with Crippen molar-refractivity contribution in [3.8, 4) is 0 Å².